The average Bonchev–Trinajstić information content (AvgIpc) is 3.61. The maximum absolute atomic E-state index is 15.6. The second kappa shape index (κ2) is 15.4. The van der Waals surface area contributed by atoms with Crippen LogP contribution in [0.15, 0.2) is 48.8 Å². The molecule has 1 aliphatic heterocycles. The fraction of sp³-hybridized carbons (Fsp3) is 0.516. The lowest BCUT2D eigenvalue weighted by Gasteiger charge is -2.33. The molecule has 0 aliphatic carbocycles. The standard InChI is InChI=1S/C31H41FN5O10P/c1-7-42-30(40)20(6)36-48(41,47-21-11-9-8-10-12-21)43-16-31(15-32)26(45-29(39)19(4)5)25(44-28(38)18(2)3)24(46-31)22-13-14-23-27(33)34-17-35-37(22)23/h8-14,17-20,24-26H,7,15-16H2,1-6H3,(H,36,41)(H2,33,34,35)/t20?,24-,25-,26-,31+,48?/m0/s1. The number of fused-ring (bicyclic) bond motifs is 1. The summed E-state index contributed by atoms with van der Waals surface area (Å²) in [6.07, 6.45) is -3.15. The van der Waals surface area contributed by atoms with Crippen molar-refractivity contribution in [1.29, 1.82) is 0 Å². The highest BCUT2D eigenvalue weighted by Crippen LogP contribution is 2.50. The first kappa shape index (κ1) is 36.7. The molecule has 17 heteroatoms. The Morgan fingerprint density at radius 2 is 1.71 bits per heavy atom. The Hall–Kier alpha value is -4.11. The highest BCUT2D eigenvalue weighted by Gasteiger charge is 2.62. The van der Waals surface area contributed by atoms with Crippen molar-refractivity contribution in [2.24, 2.45) is 11.8 Å². The molecule has 2 aromatic heterocycles. The Morgan fingerprint density at radius 1 is 1.04 bits per heavy atom. The van der Waals surface area contributed by atoms with Crippen molar-refractivity contribution in [1.82, 2.24) is 19.7 Å². The van der Waals surface area contributed by atoms with Crippen LogP contribution >= 0.6 is 7.75 Å². The van der Waals surface area contributed by atoms with Gasteiger partial charge in [0.25, 0.3) is 0 Å². The molecule has 3 heterocycles. The molecule has 15 nitrogen and oxygen atoms in total. The summed E-state index contributed by atoms with van der Waals surface area (Å²) >= 11 is 0. The van der Waals surface area contributed by atoms with E-state index in [9.17, 15) is 18.9 Å². The van der Waals surface area contributed by atoms with E-state index in [1.165, 1.54) is 29.9 Å². The molecule has 262 valence electrons. The Labute approximate surface area is 277 Å². The van der Waals surface area contributed by atoms with Crippen LogP contribution in [0.3, 0.4) is 0 Å². The molecule has 48 heavy (non-hydrogen) atoms. The van der Waals surface area contributed by atoms with Crippen LogP contribution in [-0.2, 0) is 42.4 Å². The number of carbonyl (C=O) groups excluding carboxylic acids is 3. The fourth-order valence-corrected chi connectivity index (χ4v) is 6.36. The van der Waals surface area contributed by atoms with Crippen LogP contribution in [0, 0.1) is 11.8 Å². The van der Waals surface area contributed by atoms with Gasteiger partial charge in [-0.2, -0.15) is 10.2 Å². The summed E-state index contributed by atoms with van der Waals surface area (Å²) in [4.78, 5) is 42.6. The number of alkyl halides is 1. The summed E-state index contributed by atoms with van der Waals surface area (Å²) < 4.78 is 65.8. The lowest BCUT2D eigenvalue weighted by atomic mass is 9.95. The van der Waals surface area contributed by atoms with Crippen molar-refractivity contribution in [2.75, 3.05) is 25.6 Å². The van der Waals surface area contributed by atoms with Crippen molar-refractivity contribution in [3.63, 3.8) is 0 Å². The largest absolute Gasteiger partial charge is 0.465 e. The lowest BCUT2D eigenvalue weighted by Crippen LogP contribution is -2.52. The number of carbonyl (C=O) groups is 3. The van der Waals surface area contributed by atoms with Gasteiger partial charge >= 0.3 is 25.7 Å². The van der Waals surface area contributed by atoms with E-state index in [0.29, 0.717) is 5.52 Å². The van der Waals surface area contributed by atoms with E-state index in [-0.39, 0.29) is 23.9 Å². The number of benzene rings is 1. The van der Waals surface area contributed by atoms with Gasteiger partial charge in [-0.1, -0.05) is 45.9 Å². The average molecular weight is 694 g/mol. The van der Waals surface area contributed by atoms with Crippen LogP contribution in [-0.4, -0.2) is 76.2 Å². The molecule has 1 aliphatic rings. The van der Waals surface area contributed by atoms with Gasteiger partial charge in [0.2, 0.25) is 0 Å². The Morgan fingerprint density at radius 3 is 2.33 bits per heavy atom. The number of ether oxygens (including phenoxy) is 4. The molecule has 3 aromatic rings. The zero-order valence-corrected chi connectivity index (χ0v) is 28.4. The number of halogens is 1. The molecule has 4 rings (SSSR count). The van der Waals surface area contributed by atoms with Gasteiger partial charge in [0.1, 0.15) is 36.4 Å². The van der Waals surface area contributed by atoms with Crippen LogP contribution in [0.2, 0.25) is 0 Å². The second-order valence-electron chi connectivity index (χ2n) is 11.8. The van der Waals surface area contributed by atoms with E-state index >= 15 is 4.39 Å². The molecule has 0 saturated carbocycles. The van der Waals surface area contributed by atoms with Gasteiger partial charge in [-0.05, 0) is 38.1 Å². The van der Waals surface area contributed by atoms with Crippen LogP contribution in [0.1, 0.15) is 53.3 Å². The van der Waals surface area contributed by atoms with E-state index in [4.69, 9.17) is 33.7 Å². The molecular formula is C31H41FN5O10P. The molecule has 3 N–H and O–H groups in total. The minimum Gasteiger partial charge on any atom is -0.465 e. The second-order valence-corrected chi connectivity index (χ2v) is 13.5. The third-order valence-corrected chi connectivity index (χ3v) is 9.01. The molecule has 1 saturated heterocycles. The lowest BCUT2D eigenvalue weighted by molar-refractivity contribution is -0.178. The van der Waals surface area contributed by atoms with Gasteiger partial charge in [0, 0.05) is 0 Å². The predicted molar refractivity (Wildman–Crippen MR) is 169 cm³/mol. The number of anilines is 1. The molecule has 0 radical (unpaired) electrons. The molecule has 6 atom stereocenters. The molecule has 0 amide bonds. The van der Waals surface area contributed by atoms with Crippen LogP contribution in [0.5, 0.6) is 5.75 Å². The van der Waals surface area contributed by atoms with Gasteiger partial charge in [-0.3, -0.25) is 18.9 Å². The van der Waals surface area contributed by atoms with Gasteiger partial charge in [0.15, 0.2) is 23.6 Å². The number of rotatable bonds is 15. The monoisotopic (exact) mass is 693 g/mol. The summed E-state index contributed by atoms with van der Waals surface area (Å²) in [5.74, 6) is -3.25. The number of nitrogens with one attached hydrogen (secondary N) is 1. The minimum absolute atomic E-state index is 0.0557. The maximum Gasteiger partial charge on any atom is 0.459 e. The fourth-order valence-electron chi connectivity index (χ4n) is 4.82. The summed E-state index contributed by atoms with van der Waals surface area (Å²) in [5.41, 5.74) is 4.46. The van der Waals surface area contributed by atoms with E-state index in [0.717, 1.165) is 0 Å². The van der Waals surface area contributed by atoms with Crippen molar-refractivity contribution in [3.8, 4) is 5.75 Å². The van der Waals surface area contributed by atoms with Crippen LogP contribution in [0.25, 0.3) is 5.52 Å². The number of nitrogens with two attached hydrogens (primary N) is 1. The van der Waals surface area contributed by atoms with Crippen molar-refractivity contribution >= 4 is 37.0 Å². The summed E-state index contributed by atoms with van der Waals surface area (Å²) in [6.45, 7) is 7.16. The van der Waals surface area contributed by atoms with E-state index < -0.39 is 80.7 Å². The van der Waals surface area contributed by atoms with Crippen LogP contribution in [0.4, 0.5) is 10.2 Å². The normalized spacial score (nSPS) is 22.7. The quantitative estimate of drug-likeness (QED) is 0.132. The van der Waals surface area contributed by atoms with E-state index in [1.54, 1.807) is 65.0 Å². The Bertz CT molecular complexity index is 1640. The summed E-state index contributed by atoms with van der Waals surface area (Å²) in [7, 11) is -4.54. The number of para-hydroxylation sites is 1. The zero-order chi connectivity index (χ0) is 35.2. The molecule has 2 unspecified atom stereocenters. The zero-order valence-electron chi connectivity index (χ0n) is 27.5. The first-order valence-electron chi connectivity index (χ1n) is 15.4. The number of nitrogen functional groups attached to an aromatic ring is 1. The van der Waals surface area contributed by atoms with E-state index in [2.05, 4.69) is 15.2 Å². The van der Waals surface area contributed by atoms with Crippen molar-refractivity contribution in [2.45, 2.75) is 71.5 Å². The number of hydrogen-bond donors (Lipinski definition) is 2. The minimum atomic E-state index is -4.54. The third kappa shape index (κ3) is 8.12. The van der Waals surface area contributed by atoms with E-state index in [1.807, 2.05) is 0 Å². The number of aromatic nitrogens is 3. The van der Waals surface area contributed by atoms with Gasteiger partial charge in [0.05, 0.1) is 30.7 Å². The molecule has 1 aromatic carbocycles. The third-order valence-electron chi connectivity index (χ3n) is 7.38. The molecular weight excluding hydrogens is 652 g/mol. The summed E-state index contributed by atoms with van der Waals surface area (Å²) in [5, 5.41) is 6.76. The van der Waals surface area contributed by atoms with Gasteiger partial charge in [-0.25, -0.2) is 18.5 Å². The Kier molecular flexibility index (Phi) is 11.8. The molecule has 0 bridgehead atoms. The van der Waals surface area contributed by atoms with Gasteiger partial charge in [-0.15, -0.1) is 0 Å². The van der Waals surface area contributed by atoms with Crippen molar-refractivity contribution < 1.29 is 51.3 Å². The molecule has 0 spiro atoms. The number of nitrogens with zero attached hydrogens (tertiary/aromatic N) is 3. The smallest absolute Gasteiger partial charge is 0.459 e. The Balaban J connectivity index is 1.80. The summed E-state index contributed by atoms with van der Waals surface area (Å²) in [6, 6.07) is 9.92. The molecule has 1 fully saturated rings. The first-order valence-corrected chi connectivity index (χ1v) is 16.9. The van der Waals surface area contributed by atoms with Crippen molar-refractivity contribution in [3.05, 3.63) is 54.5 Å². The SMILES string of the molecule is CCOC(=O)C(C)NP(=O)(OC[C@@]1(CF)O[C@@H](c2ccc3c(N)ncnn23)[C@H](OC(=O)C(C)C)[C@@H]1OC(=O)C(C)C)Oc1ccccc1. The van der Waals surface area contributed by atoms with Gasteiger partial charge < -0.3 is 29.2 Å². The maximum atomic E-state index is 15.6. The number of esters is 3. The predicted octanol–water partition coefficient (Wildman–Crippen LogP) is 3.97. The highest BCUT2D eigenvalue weighted by atomic mass is 31.2. The highest BCUT2D eigenvalue weighted by molar-refractivity contribution is 7.52. The first-order chi connectivity index (χ1) is 22.7. The topological polar surface area (TPSA) is 192 Å². The number of hydrogen-bond acceptors (Lipinski definition) is 13. The van der Waals surface area contributed by atoms with Crippen LogP contribution < -0.4 is 15.3 Å².